The second kappa shape index (κ2) is 6.73. The largest absolute Gasteiger partial charge is 0.341 e. The van der Waals surface area contributed by atoms with Gasteiger partial charge in [0.05, 0.1) is 11.4 Å². The molecular weight excluding hydrogens is 312 g/mol. The van der Waals surface area contributed by atoms with Crippen LogP contribution in [-0.2, 0) is 22.9 Å². The predicted molar refractivity (Wildman–Crippen MR) is 91.3 cm³/mol. The molecule has 1 aromatic heterocycles. The number of hydrogen-bond donors (Lipinski definition) is 0. The monoisotopic (exact) mass is 338 g/mol. The molecule has 0 aliphatic carbocycles. The van der Waals surface area contributed by atoms with Crippen molar-refractivity contribution in [1.29, 1.82) is 0 Å². The van der Waals surface area contributed by atoms with Crippen LogP contribution in [0.4, 0.5) is 5.95 Å². The van der Waals surface area contributed by atoms with E-state index in [2.05, 4.69) is 9.88 Å². The lowest BCUT2D eigenvalue weighted by atomic mass is 10.1. The molecule has 0 N–H and O–H groups in total. The molecule has 0 radical (unpaired) electrons. The van der Waals surface area contributed by atoms with Crippen LogP contribution in [0.1, 0.15) is 43.1 Å². The maximum absolute atomic E-state index is 12.3. The molecule has 0 saturated carbocycles. The van der Waals surface area contributed by atoms with Crippen molar-refractivity contribution >= 4 is 16.0 Å². The van der Waals surface area contributed by atoms with Crippen LogP contribution in [0.2, 0.25) is 0 Å². The molecule has 1 aromatic rings. The summed E-state index contributed by atoms with van der Waals surface area (Å²) in [6.07, 6.45) is 4.45. The van der Waals surface area contributed by atoms with Crippen LogP contribution in [0.25, 0.3) is 0 Å². The molecule has 7 heteroatoms. The van der Waals surface area contributed by atoms with E-state index >= 15 is 0 Å². The van der Waals surface area contributed by atoms with Gasteiger partial charge < -0.3 is 4.90 Å². The molecular formula is C16H26N4O2S. The van der Waals surface area contributed by atoms with Gasteiger partial charge in [0.1, 0.15) is 0 Å². The SMILES string of the molecule is CCCS(=O)(=O)N1CCc2nc(N3CCCC3)nc(C)c2CC1. The third kappa shape index (κ3) is 3.50. The van der Waals surface area contributed by atoms with Crippen molar-refractivity contribution in [2.75, 3.05) is 36.8 Å². The van der Waals surface area contributed by atoms with Crippen molar-refractivity contribution < 1.29 is 8.42 Å². The summed E-state index contributed by atoms with van der Waals surface area (Å²) in [6, 6.07) is 0. The summed E-state index contributed by atoms with van der Waals surface area (Å²) >= 11 is 0. The number of hydrogen-bond acceptors (Lipinski definition) is 5. The number of sulfonamides is 1. The van der Waals surface area contributed by atoms with Crippen LogP contribution in [0.15, 0.2) is 0 Å². The van der Waals surface area contributed by atoms with E-state index in [1.807, 2.05) is 13.8 Å². The molecule has 0 bridgehead atoms. The van der Waals surface area contributed by atoms with E-state index < -0.39 is 10.0 Å². The van der Waals surface area contributed by atoms with E-state index in [-0.39, 0.29) is 5.75 Å². The number of aryl methyl sites for hydroxylation is 1. The van der Waals surface area contributed by atoms with Gasteiger partial charge in [0.2, 0.25) is 16.0 Å². The number of rotatable bonds is 4. The van der Waals surface area contributed by atoms with Crippen molar-refractivity contribution in [3.8, 4) is 0 Å². The van der Waals surface area contributed by atoms with Crippen LogP contribution < -0.4 is 4.90 Å². The molecule has 0 atom stereocenters. The number of nitrogens with zero attached hydrogens (tertiary/aromatic N) is 4. The predicted octanol–water partition coefficient (Wildman–Crippen LogP) is 1.53. The van der Waals surface area contributed by atoms with Gasteiger partial charge in [-0.05, 0) is 38.2 Å². The molecule has 6 nitrogen and oxygen atoms in total. The van der Waals surface area contributed by atoms with Crippen molar-refractivity contribution in [1.82, 2.24) is 14.3 Å². The highest BCUT2D eigenvalue weighted by molar-refractivity contribution is 7.89. The summed E-state index contributed by atoms with van der Waals surface area (Å²) in [5.74, 6) is 1.05. The zero-order valence-electron chi connectivity index (χ0n) is 14.1. The minimum atomic E-state index is -3.14. The highest BCUT2D eigenvalue weighted by Crippen LogP contribution is 2.23. The van der Waals surface area contributed by atoms with Crippen LogP contribution in [0, 0.1) is 6.92 Å². The average Bonchev–Trinajstić information content (AvgIpc) is 2.93. The van der Waals surface area contributed by atoms with Gasteiger partial charge in [-0.1, -0.05) is 6.92 Å². The van der Waals surface area contributed by atoms with E-state index in [1.54, 1.807) is 4.31 Å². The van der Waals surface area contributed by atoms with Gasteiger partial charge in [-0.3, -0.25) is 0 Å². The Hall–Kier alpha value is -1.21. The van der Waals surface area contributed by atoms with Crippen LogP contribution in [0.3, 0.4) is 0 Å². The normalized spacial score (nSPS) is 19.7. The molecule has 0 spiro atoms. The van der Waals surface area contributed by atoms with Gasteiger partial charge in [-0.25, -0.2) is 22.7 Å². The quantitative estimate of drug-likeness (QED) is 0.833. The van der Waals surface area contributed by atoms with Crippen molar-refractivity contribution in [2.24, 2.45) is 0 Å². The Kier molecular flexibility index (Phi) is 4.87. The zero-order valence-corrected chi connectivity index (χ0v) is 14.9. The summed E-state index contributed by atoms with van der Waals surface area (Å²) in [6.45, 7) is 7.05. The van der Waals surface area contributed by atoms with Gasteiger partial charge in [0.15, 0.2) is 0 Å². The first kappa shape index (κ1) is 16.6. The Morgan fingerprint density at radius 2 is 1.74 bits per heavy atom. The fourth-order valence-electron chi connectivity index (χ4n) is 3.47. The summed E-state index contributed by atoms with van der Waals surface area (Å²) in [5.41, 5.74) is 3.18. The third-order valence-electron chi connectivity index (χ3n) is 4.74. The molecule has 2 aliphatic heterocycles. The fourth-order valence-corrected chi connectivity index (χ4v) is 4.99. The highest BCUT2D eigenvalue weighted by atomic mass is 32.2. The molecule has 3 heterocycles. The maximum Gasteiger partial charge on any atom is 0.225 e. The molecule has 128 valence electrons. The standard InChI is InChI=1S/C16H26N4O2S/c1-3-12-23(21,22)20-10-6-14-13(2)17-16(18-15(14)7-11-20)19-8-4-5-9-19/h3-12H2,1-2H3. The van der Waals surface area contributed by atoms with Crippen LogP contribution in [0.5, 0.6) is 0 Å². The van der Waals surface area contributed by atoms with E-state index in [0.717, 1.165) is 36.0 Å². The number of aromatic nitrogens is 2. The van der Waals surface area contributed by atoms with E-state index in [1.165, 1.54) is 12.8 Å². The number of anilines is 1. The molecule has 0 unspecified atom stereocenters. The van der Waals surface area contributed by atoms with E-state index in [9.17, 15) is 8.42 Å². The van der Waals surface area contributed by atoms with Gasteiger partial charge in [-0.2, -0.15) is 0 Å². The lowest BCUT2D eigenvalue weighted by Crippen LogP contribution is -2.35. The average molecular weight is 338 g/mol. The third-order valence-corrected chi connectivity index (χ3v) is 6.82. The first-order valence-electron chi connectivity index (χ1n) is 8.60. The molecule has 3 rings (SSSR count). The summed E-state index contributed by atoms with van der Waals surface area (Å²) in [5, 5.41) is 0. The second-order valence-electron chi connectivity index (χ2n) is 6.44. The van der Waals surface area contributed by atoms with Crippen molar-refractivity contribution in [2.45, 2.75) is 46.0 Å². The minimum absolute atomic E-state index is 0.229. The Labute approximate surface area is 139 Å². The summed E-state index contributed by atoms with van der Waals surface area (Å²) in [4.78, 5) is 11.7. The molecule has 1 saturated heterocycles. The van der Waals surface area contributed by atoms with Gasteiger partial charge in [0, 0.05) is 38.3 Å². The number of fused-ring (bicyclic) bond motifs is 1. The summed E-state index contributed by atoms with van der Waals surface area (Å²) in [7, 11) is -3.14. The van der Waals surface area contributed by atoms with Gasteiger partial charge >= 0.3 is 0 Å². The molecule has 0 amide bonds. The smallest absolute Gasteiger partial charge is 0.225 e. The van der Waals surface area contributed by atoms with Crippen LogP contribution in [-0.4, -0.2) is 54.6 Å². The topological polar surface area (TPSA) is 66.4 Å². The van der Waals surface area contributed by atoms with Crippen molar-refractivity contribution in [3.63, 3.8) is 0 Å². The highest BCUT2D eigenvalue weighted by Gasteiger charge is 2.26. The van der Waals surface area contributed by atoms with E-state index in [0.29, 0.717) is 32.4 Å². The van der Waals surface area contributed by atoms with Crippen molar-refractivity contribution in [3.05, 3.63) is 17.0 Å². The zero-order chi connectivity index (χ0) is 16.4. The summed E-state index contributed by atoms with van der Waals surface area (Å²) < 4.78 is 26.3. The molecule has 23 heavy (non-hydrogen) atoms. The Balaban J connectivity index is 1.83. The Bertz CT molecular complexity index is 669. The molecule has 2 aliphatic rings. The van der Waals surface area contributed by atoms with Gasteiger partial charge in [0.25, 0.3) is 0 Å². The first-order chi connectivity index (χ1) is 11.0. The lowest BCUT2D eigenvalue weighted by Gasteiger charge is -2.19. The molecule has 1 fully saturated rings. The molecule has 0 aromatic carbocycles. The maximum atomic E-state index is 12.3. The minimum Gasteiger partial charge on any atom is -0.341 e. The Morgan fingerprint density at radius 3 is 2.43 bits per heavy atom. The Morgan fingerprint density at radius 1 is 1.04 bits per heavy atom. The second-order valence-corrected chi connectivity index (χ2v) is 8.53. The van der Waals surface area contributed by atoms with E-state index in [4.69, 9.17) is 4.98 Å². The van der Waals surface area contributed by atoms with Gasteiger partial charge in [-0.15, -0.1) is 0 Å². The lowest BCUT2D eigenvalue weighted by molar-refractivity contribution is 0.425. The van der Waals surface area contributed by atoms with Crippen LogP contribution >= 0.6 is 0 Å². The fraction of sp³-hybridized carbons (Fsp3) is 0.750. The first-order valence-corrected chi connectivity index (χ1v) is 10.2.